The lowest BCUT2D eigenvalue weighted by Gasteiger charge is -2.46. The number of hydrogen-bond donors (Lipinski definition) is 0. The van der Waals surface area contributed by atoms with E-state index in [1.807, 2.05) is 24.7 Å². The Morgan fingerprint density at radius 2 is 2.38 bits per heavy atom. The Morgan fingerprint density at radius 3 is 3.24 bits per heavy atom. The van der Waals surface area contributed by atoms with Crippen LogP contribution < -0.4 is 0 Å². The van der Waals surface area contributed by atoms with Gasteiger partial charge in [-0.15, -0.1) is 0 Å². The third-order valence-electron chi connectivity index (χ3n) is 4.93. The molecule has 2 aromatic rings. The number of aryl methyl sites for hydroxylation is 1. The van der Waals surface area contributed by atoms with Gasteiger partial charge in [-0.3, -0.25) is 0 Å². The van der Waals surface area contributed by atoms with E-state index in [1.54, 1.807) is 0 Å². The standard InChI is InChI=1S/C17H17N3O/c1-12-2-4-14-8-13(9-18)3-5-15(14)17(12)16-10-19-11-20(16)6-7-21-17/h3,5,8,10-12H,2,4,6-7H2,1H3/t12-,17+/m0/s1. The van der Waals surface area contributed by atoms with Crippen molar-refractivity contribution in [3.8, 4) is 6.07 Å². The molecule has 2 heterocycles. The molecule has 0 saturated carbocycles. The summed E-state index contributed by atoms with van der Waals surface area (Å²) in [6.45, 7) is 3.81. The van der Waals surface area contributed by atoms with Crippen LogP contribution in [0.1, 0.15) is 35.7 Å². The quantitative estimate of drug-likeness (QED) is 0.745. The molecular weight excluding hydrogens is 262 g/mol. The monoisotopic (exact) mass is 279 g/mol. The second kappa shape index (κ2) is 4.44. The molecule has 0 fully saturated rings. The van der Waals surface area contributed by atoms with E-state index in [0.717, 1.165) is 30.6 Å². The minimum absolute atomic E-state index is 0.397. The summed E-state index contributed by atoms with van der Waals surface area (Å²) in [5, 5.41) is 9.12. The van der Waals surface area contributed by atoms with Crippen LogP contribution in [0.25, 0.3) is 0 Å². The Balaban J connectivity index is 1.97. The first-order valence-corrected chi connectivity index (χ1v) is 7.44. The minimum atomic E-state index is -0.406. The first-order chi connectivity index (χ1) is 10.3. The zero-order chi connectivity index (χ0) is 14.4. The van der Waals surface area contributed by atoms with E-state index < -0.39 is 5.60 Å². The fraction of sp³-hybridized carbons (Fsp3) is 0.412. The third kappa shape index (κ3) is 1.61. The number of nitriles is 1. The van der Waals surface area contributed by atoms with Crippen LogP contribution in [0, 0.1) is 17.2 Å². The number of fused-ring (bicyclic) bond motifs is 4. The molecule has 4 heteroatoms. The van der Waals surface area contributed by atoms with Crippen LogP contribution in [-0.4, -0.2) is 16.2 Å². The summed E-state index contributed by atoms with van der Waals surface area (Å²) in [6, 6.07) is 8.23. The van der Waals surface area contributed by atoms with Gasteiger partial charge in [0.1, 0.15) is 5.60 Å². The van der Waals surface area contributed by atoms with Crippen molar-refractivity contribution in [1.29, 1.82) is 5.26 Å². The molecule has 0 unspecified atom stereocenters. The second-order valence-corrected chi connectivity index (χ2v) is 5.98. The third-order valence-corrected chi connectivity index (χ3v) is 4.93. The van der Waals surface area contributed by atoms with E-state index in [1.165, 1.54) is 11.1 Å². The van der Waals surface area contributed by atoms with Crippen LogP contribution in [0.3, 0.4) is 0 Å². The SMILES string of the molecule is C[C@H]1CCc2cc(C#N)ccc2[C@]12OCCn1cncc12. The molecule has 0 bridgehead atoms. The molecule has 106 valence electrons. The average molecular weight is 279 g/mol. The summed E-state index contributed by atoms with van der Waals surface area (Å²) in [4.78, 5) is 4.33. The van der Waals surface area contributed by atoms with Crippen LogP contribution in [0.15, 0.2) is 30.7 Å². The van der Waals surface area contributed by atoms with Crippen molar-refractivity contribution >= 4 is 0 Å². The number of benzene rings is 1. The van der Waals surface area contributed by atoms with Gasteiger partial charge in [0.25, 0.3) is 0 Å². The maximum Gasteiger partial charge on any atom is 0.137 e. The molecule has 4 nitrogen and oxygen atoms in total. The molecule has 1 aliphatic carbocycles. The summed E-state index contributed by atoms with van der Waals surface area (Å²) in [7, 11) is 0. The molecule has 0 amide bonds. The molecule has 2 atom stereocenters. The first-order valence-electron chi connectivity index (χ1n) is 7.44. The summed E-state index contributed by atoms with van der Waals surface area (Å²) in [5.74, 6) is 0.397. The fourth-order valence-corrected chi connectivity index (χ4v) is 3.87. The van der Waals surface area contributed by atoms with Gasteiger partial charge in [-0.05, 0) is 42.0 Å². The molecule has 1 aliphatic heterocycles. The van der Waals surface area contributed by atoms with Gasteiger partial charge in [-0.2, -0.15) is 5.26 Å². The smallest absolute Gasteiger partial charge is 0.137 e. The van der Waals surface area contributed by atoms with E-state index in [4.69, 9.17) is 10.00 Å². The highest BCUT2D eigenvalue weighted by Crippen LogP contribution is 2.48. The molecule has 0 saturated heterocycles. The number of nitrogens with zero attached hydrogens (tertiary/aromatic N) is 3. The highest BCUT2D eigenvalue weighted by Gasteiger charge is 2.48. The molecule has 0 radical (unpaired) electrons. The first kappa shape index (κ1) is 12.6. The zero-order valence-corrected chi connectivity index (χ0v) is 12.0. The summed E-state index contributed by atoms with van der Waals surface area (Å²) >= 11 is 0. The van der Waals surface area contributed by atoms with Crippen molar-refractivity contribution in [2.24, 2.45) is 5.92 Å². The lowest BCUT2D eigenvalue weighted by Crippen LogP contribution is -2.46. The largest absolute Gasteiger partial charge is 0.362 e. The molecular formula is C17H17N3O. The molecule has 4 rings (SSSR count). The molecule has 1 aromatic heterocycles. The van der Waals surface area contributed by atoms with Gasteiger partial charge in [-0.1, -0.05) is 13.0 Å². The van der Waals surface area contributed by atoms with E-state index in [9.17, 15) is 0 Å². The lowest BCUT2D eigenvalue weighted by molar-refractivity contribution is -0.0895. The Bertz CT molecular complexity index is 743. The number of imidazole rings is 1. The number of ether oxygens (including phenoxy) is 1. The van der Waals surface area contributed by atoms with Crippen molar-refractivity contribution in [2.75, 3.05) is 6.61 Å². The Morgan fingerprint density at radius 1 is 1.48 bits per heavy atom. The van der Waals surface area contributed by atoms with Gasteiger partial charge in [0, 0.05) is 6.54 Å². The molecule has 1 spiro atoms. The lowest BCUT2D eigenvalue weighted by atomic mass is 9.70. The zero-order valence-electron chi connectivity index (χ0n) is 12.0. The van der Waals surface area contributed by atoms with E-state index >= 15 is 0 Å². The minimum Gasteiger partial charge on any atom is -0.362 e. The fourth-order valence-electron chi connectivity index (χ4n) is 3.87. The topological polar surface area (TPSA) is 50.8 Å². The van der Waals surface area contributed by atoms with Crippen LogP contribution in [0.2, 0.25) is 0 Å². The number of rotatable bonds is 0. The number of hydrogen-bond acceptors (Lipinski definition) is 3. The van der Waals surface area contributed by atoms with E-state index in [0.29, 0.717) is 12.5 Å². The van der Waals surface area contributed by atoms with Crippen molar-refractivity contribution in [1.82, 2.24) is 9.55 Å². The maximum atomic E-state index is 9.12. The van der Waals surface area contributed by atoms with Gasteiger partial charge in [-0.25, -0.2) is 4.98 Å². The normalized spacial score (nSPS) is 27.0. The second-order valence-electron chi connectivity index (χ2n) is 5.98. The Kier molecular flexibility index (Phi) is 2.66. The average Bonchev–Trinajstić information content (AvgIpc) is 3.00. The van der Waals surface area contributed by atoms with Crippen LogP contribution in [-0.2, 0) is 23.3 Å². The summed E-state index contributed by atoms with van der Waals surface area (Å²) < 4.78 is 8.56. The molecule has 21 heavy (non-hydrogen) atoms. The highest BCUT2D eigenvalue weighted by molar-refractivity contribution is 5.47. The van der Waals surface area contributed by atoms with E-state index in [-0.39, 0.29) is 0 Å². The van der Waals surface area contributed by atoms with E-state index in [2.05, 4.69) is 28.6 Å². The predicted molar refractivity (Wildman–Crippen MR) is 77.6 cm³/mol. The highest BCUT2D eigenvalue weighted by atomic mass is 16.5. The maximum absolute atomic E-state index is 9.12. The van der Waals surface area contributed by atoms with Crippen LogP contribution in [0.4, 0.5) is 0 Å². The molecule has 0 N–H and O–H groups in total. The molecule has 1 aromatic carbocycles. The van der Waals surface area contributed by atoms with Crippen molar-refractivity contribution in [3.05, 3.63) is 53.1 Å². The van der Waals surface area contributed by atoms with Crippen molar-refractivity contribution in [2.45, 2.75) is 31.9 Å². The van der Waals surface area contributed by atoms with Crippen molar-refractivity contribution in [3.63, 3.8) is 0 Å². The van der Waals surface area contributed by atoms with Gasteiger partial charge in [0.2, 0.25) is 0 Å². The van der Waals surface area contributed by atoms with Gasteiger partial charge < -0.3 is 9.30 Å². The number of aromatic nitrogens is 2. The van der Waals surface area contributed by atoms with Crippen LogP contribution in [0.5, 0.6) is 0 Å². The van der Waals surface area contributed by atoms with Crippen LogP contribution >= 0.6 is 0 Å². The van der Waals surface area contributed by atoms with Gasteiger partial charge in [0.05, 0.1) is 36.5 Å². The summed E-state index contributed by atoms with van der Waals surface area (Å²) in [6.07, 6.45) is 5.89. The Hall–Kier alpha value is -2.12. The van der Waals surface area contributed by atoms with Gasteiger partial charge in [0.15, 0.2) is 0 Å². The predicted octanol–water partition coefficient (Wildman–Crippen LogP) is 2.61. The molecule has 2 aliphatic rings. The van der Waals surface area contributed by atoms with Crippen molar-refractivity contribution < 1.29 is 4.74 Å². The summed E-state index contributed by atoms with van der Waals surface area (Å²) in [5.41, 5.74) is 3.91. The Labute approximate surface area is 124 Å². The van der Waals surface area contributed by atoms with Gasteiger partial charge >= 0.3 is 0 Å².